The van der Waals surface area contributed by atoms with E-state index in [9.17, 15) is 4.79 Å². The normalized spacial score (nSPS) is 24.8. The summed E-state index contributed by atoms with van der Waals surface area (Å²) in [5.41, 5.74) is 0. The van der Waals surface area contributed by atoms with Crippen molar-refractivity contribution in [1.29, 1.82) is 0 Å². The van der Waals surface area contributed by atoms with Gasteiger partial charge < -0.3 is 4.74 Å². The molecule has 0 N–H and O–H groups in total. The van der Waals surface area contributed by atoms with E-state index in [0.29, 0.717) is 0 Å². The molecule has 1 rings (SSSR count). The highest BCUT2D eigenvalue weighted by molar-refractivity contribution is 7.80. The van der Waals surface area contributed by atoms with Crippen LogP contribution in [0.25, 0.3) is 0 Å². The van der Waals surface area contributed by atoms with E-state index in [1.807, 2.05) is 0 Å². The average molecular weight is 172 g/mol. The summed E-state index contributed by atoms with van der Waals surface area (Å²) < 4.78 is 4.63. The van der Waals surface area contributed by atoms with Crippen LogP contribution in [0.4, 0.5) is 0 Å². The van der Waals surface area contributed by atoms with Gasteiger partial charge in [0.05, 0.1) is 13.0 Å². The number of ether oxygens (including phenoxy) is 1. The number of thiocarbonyl (C=S) groups is 1. The molecule has 1 aliphatic carbocycles. The molecule has 2 nitrogen and oxygen atoms in total. The number of carbonyl (C=O) groups is 1. The van der Waals surface area contributed by atoms with Crippen LogP contribution in [0.5, 0.6) is 0 Å². The predicted molar refractivity (Wildman–Crippen MR) is 46.6 cm³/mol. The molecule has 0 aromatic carbocycles. The second kappa shape index (κ2) is 3.81. The highest BCUT2D eigenvalue weighted by atomic mass is 32.1. The fourth-order valence-corrected chi connectivity index (χ4v) is 1.73. The first-order chi connectivity index (χ1) is 5.25. The van der Waals surface area contributed by atoms with Crippen LogP contribution in [-0.4, -0.2) is 17.9 Å². The van der Waals surface area contributed by atoms with Gasteiger partial charge in [0, 0.05) is 4.86 Å². The standard InChI is InChI=1S/C8H12O2S/c1-10-8(9)6-4-2-3-5-7(6)11/h6H,2-5H2,1H3. The average Bonchev–Trinajstić information content (AvgIpc) is 2.04. The molecule has 0 aromatic rings. The minimum atomic E-state index is -0.158. The van der Waals surface area contributed by atoms with E-state index < -0.39 is 0 Å². The van der Waals surface area contributed by atoms with Crippen molar-refractivity contribution >= 4 is 23.1 Å². The Morgan fingerprint density at radius 2 is 2.36 bits per heavy atom. The van der Waals surface area contributed by atoms with Crippen LogP contribution in [0.15, 0.2) is 0 Å². The molecule has 0 heterocycles. The molecule has 1 fully saturated rings. The summed E-state index contributed by atoms with van der Waals surface area (Å²) in [4.78, 5) is 11.9. The van der Waals surface area contributed by atoms with Crippen LogP contribution >= 0.6 is 12.2 Å². The summed E-state index contributed by atoms with van der Waals surface area (Å²) in [7, 11) is 1.42. The molecule has 0 saturated heterocycles. The summed E-state index contributed by atoms with van der Waals surface area (Å²) >= 11 is 5.07. The minimum absolute atomic E-state index is 0.0938. The first kappa shape index (κ1) is 8.65. The van der Waals surface area contributed by atoms with E-state index in [-0.39, 0.29) is 11.9 Å². The maximum absolute atomic E-state index is 11.1. The molecular formula is C8H12O2S. The van der Waals surface area contributed by atoms with Crippen LogP contribution in [0.2, 0.25) is 0 Å². The Morgan fingerprint density at radius 3 is 2.91 bits per heavy atom. The fraction of sp³-hybridized carbons (Fsp3) is 0.750. The van der Waals surface area contributed by atoms with Crippen molar-refractivity contribution in [2.24, 2.45) is 5.92 Å². The minimum Gasteiger partial charge on any atom is -0.469 e. The van der Waals surface area contributed by atoms with Crippen LogP contribution < -0.4 is 0 Å². The molecule has 62 valence electrons. The summed E-state index contributed by atoms with van der Waals surface area (Å²) in [5.74, 6) is -0.251. The molecule has 0 aromatic heterocycles. The number of rotatable bonds is 1. The van der Waals surface area contributed by atoms with E-state index in [4.69, 9.17) is 12.2 Å². The third-order valence-electron chi connectivity index (χ3n) is 2.04. The van der Waals surface area contributed by atoms with Crippen LogP contribution in [0, 0.1) is 5.92 Å². The maximum Gasteiger partial charge on any atom is 0.313 e. The Balaban J connectivity index is 2.54. The number of methoxy groups -OCH3 is 1. The van der Waals surface area contributed by atoms with Gasteiger partial charge in [-0.2, -0.15) is 0 Å². The predicted octanol–water partition coefficient (Wildman–Crippen LogP) is 1.72. The van der Waals surface area contributed by atoms with Gasteiger partial charge in [0.15, 0.2) is 0 Å². The van der Waals surface area contributed by atoms with Crippen molar-refractivity contribution in [3.63, 3.8) is 0 Å². The Morgan fingerprint density at radius 1 is 1.64 bits per heavy atom. The zero-order valence-electron chi connectivity index (χ0n) is 6.63. The topological polar surface area (TPSA) is 26.3 Å². The highest BCUT2D eigenvalue weighted by Gasteiger charge is 2.26. The van der Waals surface area contributed by atoms with Crippen molar-refractivity contribution in [1.82, 2.24) is 0 Å². The van der Waals surface area contributed by atoms with Gasteiger partial charge >= 0.3 is 5.97 Å². The first-order valence-corrected chi connectivity index (χ1v) is 4.27. The number of hydrogen-bond donors (Lipinski definition) is 0. The molecule has 0 bridgehead atoms. The highest BCUT2D eigenvalue weighted by Crippen LogP contribution is 2.22. The van der Waals surface area contributed by atoms with Gasteiger partial charge in [-0.15, -0.1) is 0 Å². The summed E-state index contributed by atoms with van der Waals surface area (Å²) in [5, 5.41) is 0. The van der Waals surface area contributed by atoms with Crippen molar-refractivity contribution < 1.29 is 9.53 Å². The lowest BCUT2D eigenvalue weighted by Crippen LogP contribution is -2.26. The van der Waals surface area contributed by atoms with Gasteiger partial charge in [-0.25, -0.2) is 0 Å². The van der Waals surface area contributed by atoms with Crippen molar-refractivity contribution in [3.8, 4) is 0 Å². The van der Waals surface area contributed by atoms with E-state index in [0.717, 1.165) is 30.5 Å². The molecule has 1 saturated carbocycles. The van der Waals surface area contributed by atoms with Crippen LogP contribution in [0.3, 0.4) is 0 Å². The lowest BCUT2D eigenvalue weighted by Gasteiger charge is -2.20. The molecule has 1 aliphatic rings. The second-order valence-electron chi connectivity index (χ2n) is 2.79. The number of esters is 1. The van der Waals surface area contributed by atoms with Gasteiger partial charge in [-0.05, 0) is 19.3 Å². The summed E-state index contributed by atoms with van der Waals surface area (Å²) in [6, 6.07) is 0. The Kier molecular flexibility index (Phi) is 3.00. The maximum atomic E-state index is 11.1. The van der Waals surface area contributed by atoms with Crippen molar-refractivity contribution in [2.75, 3.05) is 7.11 Å². The third kappa shape index (κ3) is 1.99. The molecule has 0 spiro atoms. The fourth-order valence-electron chi connectivity index (χ4n) is 1.37. The van der Waals surface area contributed by atoms with Crippen LogP contribution in [-0.2, 0) is 9.53 Å². The van der Waals surface area contributed by atoms with Gasteiger partial charge in [0.25, 0.3) is 0 Å². The first-order valence-electron chi connectivity index (χ1n) is 3.86. The third-order valence-corrected chi connectivity index (χ3v) is 2.53. The van der Waals surface area contributed by atoms with Crippen LogP contribution in [0.1, 0.15) is 25.7 Å². The molecule has 0 amide bonds. The quantitative estimate of drug-likeness (QED) is 0.445. The van der Waals surface area contributed by atoms with Crippen molar-refractivity contribution in [3.05, 3.63) is 0 Å². The zero-order chi connectivity index (χ0) is 8.27. The van der Waals surface area contributed by atoms with Gasteiger partial charge in [0.1, 0.15) is 0 Å². The SMILES string of the molecule is COC(=O)C1CCCCC1=S. The van der Waals surface area contributed by atoms with Gasteiger partial charge in [-0.3, -0.25) is 4.79 Å². The van der Waals surface area contributed by atoms with Gasteiger partial charge in [-0.1, -0.05) is 18.6 Å². The smallest absolute Gasteiger partial charge is 0.313 e. The molecule has 0 aliphatic heterocycles. The van der Waals surface area contributed by atoms with E-state index in [1.165, 1.54) is 7.11 Å². The molecule has 1 atom stereocenters. The van der Waals surface area contributed by atoms with E-state index in [1.54, 1.807) is 0 Å². The lowest BCUT2D eigenvalue weighted by atomic mass is 9.89. The Bertz CT molecular complexity index is 169. The van der Waals surface area contributed by atoms with Gasteiger partial charge in [0.2, 0.25) is 0 Å². The zero-order valence-corrected chi connectivity index (χ0v) is 7.45. The Hall–Kier alpha value is -0.440. The molecule has 1 unspecified atom stereocenters. The molecule has 11 heavy (non-hydrogen) atoms. The van der Waals surface area contributed by atoms with Crippen molar-refractivity contribution in [2.45, 2.75) is 25.7 Å². The largest absolute Gasteiger partial charge is 0.469 e. The van der Waals surface area contributed by atoms with E-state index in [2.05, 4.69) is 4.74 Å². The molecule has 3 heteroatoms. The lowest BCUT2D eigenvalue weighted by molar-refractivity contribution is -0.143. The number of hydrogen-bond acceptors (Lipinski definition) is 3. The molecule has 0 radical (unpaired) electrons. The summed E-state index contributed by atoms with van der Waals surface area (Å²) in [6.45, 7) is 0. The second-order valence-corrected chi connectivity index (χ2v) is 3.31. The van der Waals surface area contributed by atoms with E-state index >= 15 is 0 Å². The monoisotopic (exact) mass is 172 g/mol. The number of carbonyl (C=O) groups excluding carboxylic acids is 1. The Labute approximate surface area is 71.9 Å². The summed E-state index contributed by atoms with van der Waals surface area (Å²) in [6.07, 6.45) is 4.02. The molecular weight excluding hydrogens is 160 g/mol.